The molecule has 0 saturated heterocycles. The molecule has 4 rings (SSSR count). The monoisotopic (exact) mass is 454 g/mol. The molecule has 2 aromatic heterocycles. The number of hydrogen-bond acceptors (Lipinski definition) is 5. The minimum absolute atomic E-state index is 0.0269. The lowest BCUT2D eigenvalue weighted by Gasteiger charge is -2.13. The summed E-state index contributed by atoms with van der Waals surface area (Å²) in [5.74, 6) is -1.68. The number of para-hydroxylation sites is 1. The van der Waals surface area contributed by atoms with E-state index < -0.39 is 23.6 Å². The predicted octanol–water partition coefficient (Wildman–Crippen LogP) is 3.07. The first kappa shape index (κ1) is 21.9. The second kappa shape index (κ2) is 8.01. The lowest BCUT2D eigenvalue weighted by Crippen LogP contribution is -2.21. The molecule has 0 unspecified atom stereocenters. The summed E-state index contributed by atoms with van der Waals surface area (Å²) >= 11 is 0. The largest absolute Gasteiger partial charge is 0.416 e. The highest BCUT2D eigenvalue weighted by atomic mass is 19.4. The number of nitrogens with zero attached hydrogens (tertiary/aromatic N) is 4. The quantitative estimate of drug-likeness (QED) is 0.479. The first-order valence-electron chi connectivity index (χ1n) is 9.67. The Labute approximate surface area is 185 Å². The van der Waals surface area contributed by atoms with E-state index in [1.54, 1.807) is 31.2 Å². The molecule has 11 heteroatoms. The Balaban J connectivity index is 1.83. The summed E-state index contributed by atoms with van der Waals surface area (Å²) in [5, 5.41) is 8.58. The van der Waals surface area contributed by atoms with Crippen LogP contribution < -0.4 is 11.5 Å². The van der Waals surface area contributed by atoms with Gasteiger partial charge in [-0.15, -0.1) is 5.10 Å². The average Bonchev–Trinajstić information content (AvgIpc) is 3.11. The normalized spacial score (nSPS) is 11.6. The van der Waals surface area contributed by atoms with Gasteiger partial charge in [0.05, 0.1) is 28.9 Å². The maximum absolute atomic E-state index is 12.8. The predicted molar refractivity (Wildman–Crippen MR) is 113 cm³/mol. The second-order valence-electron chi connectivity index (χ2n) is 7.33. The highest BCUT2D eigenvalue weighted by Crippen LogP contribution is 2.33. The maximum Gasteiger partial charge on any atom is 0.416 e. The van der Waals surface area contributed by atoms with Crippen molar-refractivity contribution >= 4 is 22.7 Å². The molecular weight excluding hydrogens is 437 g/mol. The van der Waals surface area contributed by atoms with Crippen molar-refractivity contribution in [2.75, 3.05) is 0 Å². The maximum atomic E-state index is 12.8. The van der Waals surface area contributed by atoms with Crippen molar-refractivity contribution in [3.63, 3.8) is 0 Å². The van der Waals surface area contributed by atoms with Gasteiger partial charge in [-0.25, -0.2) is 9.67 Å². The molecule has 0 atom stereocenters. The third kappa shape index (κ3) is 4.00. The summed E-state index contributed by atoms with van der Waals surface area (Å²) in [6.45, 7) is 1.75. The smallest absolute Gasteiger partial charge is 0.366 e. The first-order valence-corrected chi connectivity index (χ1v) is 9.67. The van der Waals surface area contributed by atoms with Gasteiger partial charge >= 0.3 is 6.18 Å². The van der Waals surface area contributed by atoms with E-state index in [1.165, 1.54) is 16.8 Å². The summed E-state index contributed by atoms with van der Waals surface area (Å²) in [6, 6.07) is 11.3. The lowest BCUT2D eigenvalue weighted by atomic mass is 9.96. The standard InChI is InChI=1S/C22H17F3N6O2/c1-11-18(29-30-31(11)10-12-6-8-13(9-7-12)22(23,24)25)17-16(20(26)32)14-4-2-3-5-15(14)28-19(17)21(27)33/h2-9H,10H2,1H3,(H2,26,32)(H2,27,33). The number of alkyl halides is 3. The minimum Gasteiger partial charge on any atom is -0.366 e. The third-order valence-corrected chi connectivity index (χ3v) is 5.21. The number of carbonyl (C=O) groups excluding carboxylic acids is 2. The van der Waals surface area contributed by atoms with Gasteiger partial charge in [-0.2, -0.15) is 13.2 Å². The molecule has 0 radical (unpaired) electrons. The molecule has 0 spiro atoms. The van der Waals surface area contributed by atoms with Gasteiger partial charge in [0.2, 0.25) is 5.91 Å². The van der Waals surface area contributed by atoms with Crippen LogP contribution in [0.1, 0.15) is 37.7 Å². The SMILES string of the molecule is Cc1c(-c2c(C(N)=O)nc3ccccc3c2C(N)=O)nnn1Cc1ccc(C(F)(F)F)cc1. The molecular formula is C22H17F3N6O2. The molecule has 2 heterocycles. The van der Waals surface area contributed by atoms with E-state index >= 15 is 0 Å². The fourth-order valence-electron chi connectivity index (χ4n) is 3.59. The van der Waals surface area contributed by atoms with Crippen LogP contribution in [0.15, 0.2) is 48.5 Å². The van der Waals surface area contributed by atoms with E-state index in [1.807, 2.05) is 0 Å². The van der Waals surface area contributed by atoms with Crippen molar-refractivity contribution < 1.29 is 22.8 Å². The molecule has 8 nitrogen and oxygen atoms in total. The van der Waals surface area contributed by atoms with Gasteiger partial charge in [0.15, 0.2) is 0 Å². The van der Waals surface area contributed by atoms with Crippen molar-refractivity contribution in [3.05, 3.63) is 76.6 Å². The Bertz CT molecular complexity index is 1390. The van der Waals surface area contributed by atoms with Crippen LogP contribution in [-0.4, -0.2) is 31.8 Å². The summed E-state index contributed by atoms with van der Waals surface area (Å²) < 4.78 is 39.9. The molecule has 168 valence electrons. The lowest BCUT2D eigenvalue weighted by molar-refractivity contribution is -0.137. The van der Waals surface area contributed by atoms with Gasteiger partial charge in [-0.1, -0.05) is 35.5 Å². The van der Waals surface area contributed by atoms with Gasteiger partial charge < -0.3 is 11.5 Å². The minimum atomic E-state index is -4.44. The van der Waals surface area contributed by atoms with Crippen molar-refractivity contribution in [1.82, 2.24) is 20.0 Å². The molecule has 0 fully saturated rings. The number of pyridine rings is 1. The number of benzene rings is 2. The highest BCUT2D eigenvalue weighted by Gasteiger charge is 2.30. The summed E-state index contributed by atoms with van der Waals surface area (Å²) in [4.78, 5) is 28.9. The Hall–Kier alpha value is -4.28. The van der Waals surface area contributed by atoms with Gasteiger partial charge in [0.25, 0.3) is 5.91 Å². The number of primary amides is 2. The van der Waals surface area contributed by atoms with Crippen LogP contribution in [0.5, 0.6) is 0 Å². The van der Waals surface area contributed by atoms with Gasteiger partial charge in [0.1, 0.15) is 11.4 Å². The van der Waals surface area contributed by atoms with Crippen molar-refractivity contribution in [2.24, 2.45) is 11.5 Å². The Kier molecular flexibility index (Phi) is 5.32. The molecule has 0 aliphatic heterocycles. The van der Waals surface area contributed by atoms with Gasteiger partial charge in [-0.3, -0.25) is 9.59 Å². The Morgan fingerprint density at radius 2 is 1.67 bits per heavy atom. The van der Waals surface area contributed by atoms with E-state index in [2.05, 4.69) is 15.3 Å². The molecule has 0 saturated carbocycles. The Morgan fingerprint density at radius 3 is 2.27 bits per heavy atom. The van der Waals surface area contributed by atoms with E-state index in [0.29, 0.717) is 22.2 Å². The van der Waals surface area contributed by atoms with Crippen molar-refractivity contribution in [3.8, 4) is 11.3 Å². The topological polar surface area (TPSA) is 130 Å². The van der Waals surface area contributed by atoms with Crippen LogP contribution in [0.25, 0.3) is 22.2 Å². The molecule has 0 aliphatic rings. The van der Waals surface area contributed by atoms with Crippen LogP contribution in [0.2, 0.25) is 0 Å². The zero-order valence-electron chi connectivity index (χ0n) is 17.2. The number of nitrogens with two attached hydrogens (primary N) is 2. The van der Waals surface area contributed by atoms with Gasteiger partial charge in [0, 0.05) is 10.9 Å². The number of rotatable bonds is 5. The van der Waals surface area contributed by atoms with Crippen LogP contribution in [0.3, 0.4) is 0 Å². The first-order chi connectivity index (χ1) is 15.6. The van der Waals surface area contributed by atoms with E-state index in [-0.39, 0.29) is 29.1 Å². The van der Waals surface area contributed by atoms with E-state index in [0.717, 1.165) is 12.1 Å². The second-order valence-corrected chi connectivity index (χ2v) is 7.33. The Morgan fingerprint density at radius 1 is 1.00 bits per heavy atom. The van der Waals surface area contributed by atoms with Crippen LogP contribution in [-0.2, 0) is 12.7 Å². The average molecular weight is 454 g/mol. The fourth-order valence-corrected chi connectivity index (χ4v) is 3.59. The summed E-state index contributed by atoms with van der Waals surface area (Å²) in [5.41, 5.74) is 11.8. The summed E-state index contributed by atoms with van der Waals surface area (Å²) in [7, 11) is 0. The van der Waals surface area contributed by atoms with E-state index in [9.17, 15) is 22.8 Å². The molecule has 4 N–H and O–H groups in total. The number of hydrogen-bond donors (Lipinski definition) is 2. The molecule has 2 amide bonds. The number of halogens is 3. The number of amides is 2. The number of aromatic nitrogens is 4. The fraction of sp³-hybridized carbons (Fsp3) is 0.136. The zero-order chi connectivity index (χ0) is 23.9. The van der Waals surface area contributed by atoms with Crippen LogP contribution in [0.4, 0.5) is 13.2 Å². The van der Waals surface area contributed by atoms with Crippen LogP contribution in [0, 0.1) is 6.92 Å². The summed E-state index contributed by atoms with van der Waals surface area (Å²) in [6.07, 6.45) is -4.44. The number of carbonyl (C=O) groups is 2. The zero-order valence-corrected chi connectivity index (χ0v) is 17.2. The molecule has 33 heavy (non-hydrogen) atoms. The molecule has 0 bridgehead atoms. The number of fused-ring (bicyclic) bond motifs is 1. The molecule has 4 aromatic rings. The van der Waals surface area contributed by atoms with Crippen LogP contribution >= 0.6 is 0 Å². The highest BCUT2D eigenvalue weighted by molar-refractivity contribution is 6.15. The van der Waals surface area contributed by atoms with Gasteiger partial charge in [-0.05, 0) is 30.7 Å². The van der Waals surface area contributed by atoms with E-state index in [4.69, 9.17) is 11.5 Å². The third-order valence-electron chi connectivity index (χ3n) is 5.21. The van der Waals surface area contributed by atoms with Crippen molar-refractivity contribution in [2.45, 2.75) is 19.6 Å². The van der Waals surface area contributed by atoms with Crippen molar-refractivity contribution in [1.29, 1.82) is 0 Å². The molecule has 0 aliphatic carbocycles. The molecule has 2 aromatic carbocycles.